The van der Waals surface area contributed by atoms with Gasteiger partial charge < -0.3 is 4.74 Å². The molecule has 0 saturated heterocycles. The third-order valence-corrected chi connectivity index (χ3v) is 6.93. The first-order valence-electron chi connectivity index (χ1n) is 9.79. The van der Waals surface area contributed by atoms with E-state index in [0.29, 0.717) is 28.2 Å². The molecular weight excluding hydrogens is 432 g/mol. The van der Waals surface area contributed by atoms with Crippen molar-refractivity contribution in [3.8, 4) is 5.75 Å². The molecule has 1 aromatic heterocycles. The molecule has 0 aliphatic rings. The lowest BCUT2D eigenvalue weighted by Crippen LogP contribution is -2.15. The van der Waals surface area contributed by atoms with Gasteiger partial charge in [0.25, 0.3) is 10.0 Å². The van der Waals surface area contributed by atoms with Crippen LogP contribution in [0.1, 0.15) is 19.4 Å². The van der Waals surface area contributed by atoms with E-state index in [0.717, 1.165) is 16.9 Å². The van der Waals surface area contributed by atoms with Crippen molar-refractivity contribution in [1.29, 1.82) is 0 Å². The molecule has 0 amide bonds. The van der Waals surface area contributed by atoms with E-state index in [-0.39, 0.29) is 15.9 Å². The van der Waals surface area contributed by atoms with E-state index < -0.39 is 10.0 Å². The molecule has 0 aliphatic heterocycles. The van der Waals surface area contributed by atoms with Crippen molar-refractivity contribution in [1.82, 2.24) is 4.57 Å². The van der Waals surface area contributed by atoms with E-state index in [1.165, 1.54) is 12.1 Å². The number of anilines is 1. The number of aromatic nitrogens is 1. The summed E-state index contributed by atoms with van der Waals surface area (Å²) in [4.78, 5) is 12.5. The second-order valence-electron chi connectivity index (χ2n) is 7.34. The molecule has 0 saturated carbocycles. The zero-order valence-corrected chi connectivity index (χ0v) is 18.7. The smallest absolute Gasteiger partial charge is 0.308 e. The van der Waals surface area contributed by atoms with E-state index >= 15 is 0 Å². The summed E-state index contributed by atoms with van der Waals surface area (Å²) in [5.41, 5.74) is 2.08. The number of benzene rings is 3. The molecule has 8 heteroatoms. The maximum atomic E-state index is 13.0. The molecule has 160 valence electrons. The Morgan fingerprint density at radius 1 is 1.00 bits per heavy atom. The van der Waals surface area contributed by atoms with Gasteiger partial charge in [-0.15, -0.1) is 0 Å². The highest BCUT2D eigenvalue weighted by Gasteiger charge is 2.19. The number of para-hydroxylation sites is 2. The van der Waals surface area contributed by atoms with Crippen molar-refractivity contribution >= 4 is 37.3 Å². The van der Waals surface area contributed by atoms with Gasteiger partial charge in [-0.1, -0.05) is 53.8 Å². The van der Waals surface area contributed by atoms with Crippen LogP contribution < -0.4 is 14.3 Å². The van der Waals surface area contributed by atoms with E-state index in [1.54, 1.807) is 34.9 Å². The fourth-order valence-corrected chi connectivity index (χ4v) is 5.34. The van der Waals surface area contributed by atoms with Gasteiger partial charge in [0.1, 0.15) is 5.75 Å². The van der Waals surface area contributed by atoms with Crippen LogP contribution in [0.15, 0.2) is 82.5 Å². The Morgan fingerprint density at radius 2 is 1.71 bits per heavy atom. The van der Waals surface area contributed by atoms with Crippen molar-refractivity contribution in [3.63, 3.8) is 0 Å². The van der Waals surface area contributed by atoms with Gasteiger partial charge in [0.15, 0.2) is 0 Å². The lowest BCUT2D eigenvalue weighted by atomic mass is 10.2. The number of nitrogens with one attached hydrogen (secondary N) is 1. The van der Waals surface area contributed by atoms with Gasteiger partial charge in [0.2, 0.25) is 0 Å². The van der Waals surface area contributed by atoms with Crippen LogP contribution in [0.5, 0.6) is 5.75 Å². The van der Waals surface area contributed by atoms with Gasteiger partial charge in [0.05, 0.1) is 33.4 Å². The summed E-state index contributed by atoms with van der Waals surface area (Å²) < 4.78 is 36.6. The Labute approximate surface area is 184 Å². The maximum Gasteiger partial charge on any atom is 0.308 e. The van der Waals surface area contributed by atoms with Crippen molar-refractivity contribution in [2.24, 2.45) is 0 Å². The number of nitrogens with zero attached hydrogens (tertiary/aromatic N) is 1. The molecule has 0 spiro atoms. The van der Waals surface area contributed by atoms with E-state index in [1.807, 2.05) is 44.2 Å². The number of thiazole rings is 1. The topological polar surface area (TPSA) is 77.4 Å². The molecule has 0 radical (unpaired) electrons. The third-order valence-electron chi connectivity index (χ3n) is 4.63. The molecule has 0 fully saturated rings. The third kappa shape index (κ3) is 4.65. The summed E-state index contributed by atoms with van der Waals surface area (Å²) in [6, 6.07) is 21.3. The average Bonchev–Trinajstić information content (AvgIpc) is 3.04. The van der Waals surface area contributed by atoms with Crippen LogP contribution in [0.25, 0.3) is 10.2 Å². The summed E-state index contributed by atoms with van der Waals surface area (Å²) in [6.07, 6.45) is -0.0938. The predicted octanol–water partition coefficient (Wildman–Crippen LogP) is 4.70. The molecule has 0 atom stereocenters. The Kier molecular flexibility index (Phi) is 5.84. The number of ether oxygens (including phenoxy) is 1. The minimum atomic E-state index is -3.86. The lowest BCUT2D eigenvalue weighted by molar-refractivity contribution is 0.244. The van der Waals surface area contributed by atoms with Crippen molar-refractivity contribution in [3.05, 3.63) is 88.0 Å². The number of hydrogen-bond acceptors (Lipinski definition) is 5. The van der Waals surface area contributed by atoms with Crippen LogP contribution in [0.4, 0.5) is 5.69 Å². The van der Waals surface area contributed by atoms with Gasteiger partial charge in [-0.2, -0.15) is 0 Å². The fourth-order valence-electron chi connectivity index (χ4n) is 3.24. The molecule has 4 rings (SSSR count). The minimum absolute atomic E-state index is 0.0902. The normalized spacial score (nSPS) is 11.7. The van der Waals surface area contributed by atoms with Crippen LogP contribution in [-0.2, 0) is 16.6 Å². The van der Waals surface area contributed by atoms with Gasteiger partial charge in [-0.25, -0.2) is 8.42 Å². The predicted molar refractivity (Wildman–Crippen MR) is 125 cm³/mol. The largest absolute Gasteiger partial charge is 0.489 e. The first-order chi connectivity index (χ1) is 14.8. The van der Waals surface area contributed by atoms with Gasteiger partial charge in [-0.3, -0.25) is 14.1 Å². The van der Waals surface area contributed by atoms with Crippen molar-refractivity contribution < 1.29 is 13.2 Å². The van der Waals surface area contributed by atoms with E-state index in [9.17, 15) is 13.2 Å². The Bertz CT molecular complexity index is 1370. The molecule has 1 heterocycles. The average molecular weight is 455 g/mol. The van der Waals surface area contributed by atoms with Crippen LogP contribution >= 0.6 is 11.3 Å². The molecule has 31 heavy (non-hydrogen) atoms. The standard InChI is InChI=1S/C23H22N2O4S2/c1-16(2)29-21-11-7-6-10-19(21)24-31(27,28)18-12-13-20-22(14-18)30-23(26)25(20)15-17-8-4-3-5-9-17/h3-14,16,24H,15H2,1-2H3. The molecular formula is C23H22N2O4S2. The van der Waals surface area contributed by atoms with Crippen molar-refractivity contribution in [2.75, 3.05) is 4.72 Å². The van der Waals surface area contributed by atoms with Crippen LogP contribution in [-0.4, -0.2) is 19.1 Å². The van der Waals surface area contributed by atoms with E-state index in [2.05, 4.69) is 4.72 Å². The van der Waals surface area contributed by atoms with Crippen molar-refractivity contribution in [2.45, 2.75) is 31.4 Å². The van der Waals surface area contributed by atoms with E-state index in [4.69, 9.17) is 4.74 Å². The Hall–Kier alpha value is -3.10. The first-order valence-corrected chi connectivity index (χ1v) is 12.1. The zero-order valence-electron chi connectivity index (χ0n) is 17.1. The second-order valence-corrected chi connectivity index (χ2v) is 10.0. The zero-order chi connectivity index (χ0) is 22.0. The summed E-state index contributed by atoms with van der Waals surface area (Å²) in [5.74, 6) is 0.459. The molecule has 0 bridgehead atoms. The number of hydrogen-bond donors (Lipinski definition) is 1. The molecule has 0 unspecified atom stereocenters. The first kappa shape index (κ1) is 21.1. The summed E-state index contributed by atoms with van der Waals surface area (Å²) >= 11 is 1.04. The highest BCUT2D eigenvalue weighted by Crippen LogP contribution is 2.29. The Morgan fingerprint density at radius 3 is 2.45 bits per heavy atom. The Balaban J connectivity index is 1.67. The monoisotopic (exact) mass is 454 g/mol. The number of fused-ring (bicyclic) bond motifs is 1. The highest BCUT2D eigenvalue weighted by atomic mass is 32.2. The minimum Gasteiger partial charge on any atom is -0.489 e. The van der Waals surface area contributed by atoms with Crippen LogP contribution in [0, 0.1) is 0 Å². The van der Waals surface area contributed by atoms with Gasteiger partial charge >= 0.3 is 4.87 Å². The lowest BCUT2D eigenvalue weighted by Gasteiger charge is -2.15. The summed E-state index contributed by atoms with van der Waals surface area (Å²) in [7, 11) is -3.86. The summed E-state index contributed by atoms with van der Waals surface area (Å²) in [5, 5.41) is 0. The number of rotatable bonds is 7. The molecule has 4 aromatic rings. The van der Waals surface area contributed by atoms with Crippen LogP contribution in [0.3, 0.4) is 0 Å². The highest BCUT2D eigenvalue weighted by molar-refractivity contribution is 7.92. The SMILES string of the molecule is CC(C)Oc1ccccc1NS(=O)(=O)c1ccc2c(c1)sc(=O)n2Cc1ccccc1. The molecule has 0 aliphatic carbocycles. The molecule has 1 N–H and O–H groups in total. The van der Waals surface area contributed by atoms with Gasteiger partial charge in [-0.05, 0) is 49.7 Å². The van der Waals surface area contributed by atoms with Gasteiger partial charge in [0, 0.05) is 0 Å². The molecule has 6 nitrogen and oxygen atoms in total. The maximum absolute atomic E-state index is 13.0. The van der Waals surface area contributed by atoms with Crippen LogP contribution in [0.2, 0.25) is 0 Å². The molecule has 3 aromatic carbocycles. The fraction of sp³-hybridized carbons (Fsp3) is 0.174. The quantitative estimate of drug-likeness (QED) is 0.439. The summed E-state index contributed by atoms with van der Waals surface area (Å²) in [6.45, 7) is 4.19. The number of sulfonamides is 1. The second kappa shape index (κ2) is 8.56.